The first-order valence-corrected chi connectivity index (χ1v) is 4.93. The van der Waals surface area contributed by atoms with Gasteiger partial charge in [-0.3, -0.25) is 14.5 Å². The highest BCUT2D eigenvalue weighted by Gasteiger charge is 2.37. The summed E-state index contributed by atoms with van der Waals surface area (Å²) in [6.45, 7) is 3.58. The smallest absolute Gasteiger partial charge is 0.263 e. The highest BCUT2D eigenvalue weighted by molar-refractivity contribution is 6.30. The SMILES string of the molecule is CC(C)N1C(=O)c2cnc(Cl)cc2C1=O. The van der Waals surface area contributed by atoms with Crippen molar-refractivity contribution in [1.82, 2.24) is 9.88 Å². The van der Waals surface area contributed by atoms with Crippen LogP contribution in [0.25, 0.3) is 0 Å². The zero-order valence-electron chi connectivity index (χ0n) is 8.32. The van der Waals surface area contributed by atoms with E-state index in [9.17, 15) is 9.59 Å². The van der Waals surface area contributed by atoms with E-state index in [0.717, 1.165) is 0 Å². The number of hydrogen-bond donors (Lipinski definition) is 0. The summed E-state index contributed by atoms with van der Waals surface area (Å²) in [5, 5.41) is 0.223. The molecule has 0 radical (unpaired) electrons. The lowest BCUT2D eigenvalue weighted by atomic mass is 10.2. The van der Waals surface area contributed by atoms with Crippen LogP contribution in [-0.4, -0.2) is 27.7 Å². The number of fused-ring (bicyclic) bond motifs is 1. The van der Waals surface area contributed by atoms with Crippen LogP contribution in [0.5, 0.6) is 0 Å². The summed E-state index contributed by atoms with van der Waals surface area (Å²) in [5.74, 6) is -0.594. The topological polar surface area (TPSA) is 50.3 Å². The summed E-state index contributed by atoms with van der Waals surface area (Å²) in [6.07, 6.45) is 1.35. The average Bonchev–Trinajstić information content (AvgIpc) is 2.39. The fraction of sp³-hybridized carbons (Fsp3) is 0.300. The van der Waals surface area contributed by atoms with Crippen molar-refractivity contribution in [2.24, 2.45) is 0 Å². The quantitative estimate of drug-likeness (QED) is 0.539. The lowest BCUT2D eigenvalue weighted by Crippen LogP contribution is -2.35. The molecule has 0 N–H and O–H groups in total. The molecule has 78 valence electrons. The van der Waals surface area contributed by atoms with Gasteiger partial charge in [0.15, 0.2) is 0 Å². The number of aromatic nitrogens is 1. The Morgan fingerprint density at radius 1 is 1.27 bits per heavy atom. The number of carbonyl (C=O) groups excluding carboxylic acids is 2. The molecule has 15 heavy (non-hydrogen) atoms. The molecule has 0 unspecified atom stereocenters. The normalized spacial score (nSPS) is 15.1. The van der Waals surface area contributed by atoms with Crippen molar-refractivity contribution in [3.05, 3.63) is 28.5 Å². The van der Waals surface area contributed by atoms with Crippen LogP contribution in [0, 0.1) is 0 Å². The van der Waals surface area contributed by atoms with Crippen molar-refractivity contribution in [3.63, 3.8) is 0 Å². The lowest BCUT2D eigenvalue weighted by Gasteiger charge is -2.17. The Bertz CT molecular complexity index is 457. The van der Waals surface area contributed by atoms with Crippen LogP contribution in [0.15, 0.2) is 12.3 Å². The van der Waals surface area contributed by atoms with E-state index in [-0.39, 0.29) is 23.0 Å². The molecular formula is C10H9ClN2O2. The van der Waals surface area contributed by atoms with E-state index in [2.05, 4.69) is 4.98 Å². The highest BCUT2D eigenvalue weighted by Crippen LogP contribution is 2.25. The van der Waals surface area contributed by atoms with Crippen LogP contribution in [0.3, 0.4) is 0 Å². The van der Waals surface area contributed by atoms with Crippen LogP contribution in [0.1, 0.15) is 34.6 Å². The molecule has 5 heteroatoms. The third kappa shape index (κ3) is 1.41. The molecular weight excluding hydrogens is 216 g/mol. The van der Waals surface area contributed by atoms with Gasteiger partial charge in [0.05, 0.1) is 11.1 Å². The van der Waals surface area contributed by atoms with Crippen molar-refractivity contribution in [3.8, 4) is 0 Å². The average molecular weight is 225 g/mol. The predicted octanol–water partition coefficient (Wildman–Crippen LogP) is 1.74. The van der Waals surface area contributed by atoms with Gasteiger partial charge in [-0.1, -0.05) is 11.6 Å². The standard InChI is InChI=1S/C10H9ClN2O2/c1-5(2)13-9(14)6-3-8(11)12-4-7(6)10(13)15/h3-5H,1-2H3. The second-order valence-corrected chi connectivity index (χ2v) is 4.01. The molecule has 0 aliphatic carbocycles. The molecule has 1 aliphatic rings. The van der Waals surface area contributed by atoms with Crippen molar-refractivity contribution in [1.29, 1.82) is 0 Å². The Labute approximate surface area is 91.9 Å². The maximum atomic E-state index is 11.8. The molecule has 0 spiro atoms. The van der Waals surface area contributed by atoms with Gasteiger partial charge >= 0.3 is 0 Å². The van der Waals surface area contributed by atoms with Gasteiger partial charge in [-0.05, 0) is 19.9 Å². The number of pyridine rings is 1. The van der Waals surface area contributed by atoms with Crippen molar-refractivity contribution in [2.75, 3.05) is 0 Å². The molecule has 1 aromatic rings. The maximum absolute atomic E-state index is 11.8. The van der Waals surface area contributed by atoms with E-state index in [1.807, 2.05) is 0 Å². The zero-order valence-corrected chi connectivity index (χ0v) is 9.08. The number of hydrogen-bond acceptors (Lipinski definition) is 3. The number of halogens is 1. The van der Waals surface area contributed by atoms with E-state index in [0.29, 0.717) is 11.1 Å². The second kappa shape index (κ2) is 3.31. The second-order valence-electron chi connectivity index (χ2n) is 3.63. The van der Waals surface area contributed by atoms with Crippen LogP contribution < -0.4 is 0 Å². The number of imide groups is 1. The largest absolute Gasteiger partial charge is 0.272 e. The molecule has 0 aromatic carbocycles. The van der Waals surface area contributed by atoms with E-state index < -0.39 is 0 Å². The molecule has 1 aromatic heterocycles. The lowest BCUT2D eigenvalue weighted by molar-refractivity contribution is 0.0609. The number of rotatable bonds is 1. The monoisotopic (exact) mass is 224 g/mol. The first-order chi connectivity index (χ1) is 7.02. The molecule has 4 nitrogen and oxygen atoms in total. The predicted molar refractivity (Wildman–Crippen MR) is 54.9 cm³/mol. The van der Waals surface area contributed by atoms with Gasteiger partial charge in [0.2, 0.25) is 0 Å². The van der Waals surface area contributed by atoms with Crippen molar-refractivity contribution >= 4 is 23.4 Å². The summed E-state index contributed by atoms with van der Waals surface area (Å²) in [7, 11) is 0. The number of amides is 2. The summed E-state index contributed by atoms with van der Waals surface area (Å²) >= 11 is 5.67. The van der Waals surface area contributed by atoms with Gasteiger partial charge in [-0.15, -0.1) is 0 Å². The van der Waals surface area contributed by atoms with E-state index in [4.69, 9.17) is 11.6 Å². The van der Waals surface area contributed by atoms with Crippen LogP contribution >= 0.6 is 11.6 Å². The Morgan fingerprint density at radius 2 is 1.87 bits per heavy atom. The molecule has 2 heterocycles. The Hall–Kier alpha value is -1.42. The summed E-state index contributed by atoms with van der Waals surface area (Å²) in [6, 6.07) is 1.27. The van der Waals surface area contributed by atoms with Crippen LogP contribution in [0.2, 0.25) is 5.15 Å². The van der Waals surface area contributed by atoms with E-state index in [1.165, 1.54) is 17.2 Å². The molecule has 1 aliphatic heterocycles. The first kappa shape index (κ1) is 10.1. The van der Waals surface area contributed by atoms with Gasteiger partial charge in [-0.25, -0.2) is 4.98 Å². The molecule has 0 fully saturated rings. The van der Waals surface area contributed by atoms with Gasteiger partial charge < -0.3 is 0 Å². The molecule has 0 atom stereocenters. The van der Waals surface area contributed by atoms with E-state index >= 15 is 0 Å². The Balaban J connectivity index is 2.56. The van der Waals surface area contributed by atoms with Gasteiger partial charge in [0.25, 0.3) is 11.8 Å². The summed E-state index contributed by atoms with van der Waals surface area (Å²) < 4.78 is 0. The summed E-state index contributed by atoms with van der Waals surface area (Å²) in [5.41, 5.74) is 0.673. The van der Waals surface area contributed by atoms with Crippen LogP contribution in [-0.2, 0) is 0 Å². The molecule has 0 saturated carbocycles. The van der Waals surface area contributed by atoms with E-state index in [1.54, 1.807) is 13.8 Å². The highest BCUT2D eigenvalue weighted by atomic mass is 35.5. The summed E-state index contributed by atoms with van der Waals surface area (Å²) in [4.78, 5) is 28.6. The maximum Gasteiger partial charge on any atom is 0.263 e. The van der Waals surface area contributed by atoms with Gasteiger partial charge in [-0.2, -0.15) is 0 Å². The molecule has 0 saturated heterocycles. The number of nitrogens with zero attached hydrogens (tertiary/aromatic N) is 2. The fourth-order valence-corrected chi connectivity index (χ4v) is 1.76. The molecule has 2 amide bonds. The van der Waals surface area contributed by atoms with Gasteiger partial charge in [0, 0.05) is 12.2 Å². The van der Waals surface area contributed by atoms with Crippen molar-refractivity contribution < 1.29 is 9.59 Å². The Morgan fingerprint density at radius 3 is 2.47 bits per heavy atom. The first-order valence-electron chi connectivity index (χ1n) is 4.56. The molecule has 0 bridgehead atoms. The van der Waals surface area contributed by atoms with Crippen molar-refractivity contribution in [2.45, 2.75) is 19.9 Å². The third-order valence-corrected chi connectivity index (χ3v) is 2.49. The van der Waals surface area contributed by atoms with Crippen LogP contribution in [0.4, 0.5) is 0 Å². The fourth-order valence-electron chi connectivity index (χ4n) is 1.60. The minimum Gasteiger partial charge on any atom is -0.272 e. The minimum atomic E-state index is -0.297. The molecule has 2 rings (SSSR count). The third-order valence-electron chi connectivity index (χ3n) is 2.29. The number of carbonyl (C=O) groups is 2. The zero-order chi connectivity index (χ0) is 11.2. The minimum absolute atomic E-state index is 0.156. The Kier molecular flexibility index (Phi) is 2.23. The van der Waals surface area contributed by atoms with Gasteiger partial charge in [0.1, 0.15) is 5.15 Å².